The highest BCUT2D eigenvalue weighted by Gasteiger charge is 2.45. The molecular weight excluding hydrogens is 258 g/mol. The molecule has 0 amide bonds. The second-order valence-corrected chi connectivity index (χ2v) is 4.83. The maximum absolute atomic E-state index is 11.6. The maximum atomic E-state index is 11.6. The topological polar surface area (TPSA) is 86.6 Å². The molecule has 20 heavy (non-hydrogen) atoms. The van der Waals surface area contributed by atoms with Crippen molar-refractivity contribution in [1.82, 2.24) is 5.32 Å². The van der Waals surface area contributed by atoms with Gasteiger partial charge in [-0.25, -0.2) is 4.79 Å². The summed E-state index contributed by atoms with van der Waals surface area (Å²) in [6.45, 7) is 1.53. The van der Waals surface area contributed by atoms with Crippen molar-refractivity contribution in [2.24, 2.45) is 11.3 Å². The minimum Gasteiger partial charge on any atom is -0.481 e. The first-order chi connectivity index (χ1) is 9.47. The highest BCUT2D eigenvalue weighted by atomic mass is 16.4. The van der Waals surface area contributed by atoms with Crippen molar-refractivity contribution in [3.05, 3.63) is 60.0 Å². The predicted octanol–water partition coefficient (Wildman–Crippen LogP) is 1.83. The van der Waals surface area contributed by atoms with E-state index in [0.717, 1.165) is 0 Å². The Labute approximate surface area is 116 Å². The van der Waals surface area contributed by atoms with Crippen molar-refractivity contribution in [2.75, 3.05) is 0 Å². The van der Waals surface area contributed by atoms with Gasteiger partial charge in [0.2, 0.25) is 0 Å². The second kappa shape index (κ2) is 5.21. The molecular formula is C15H15NO4. The molecule has 3 N–H and O–H groups in total. The van der Waals surface area contributed by atoms with Crippen LogP contribution in [0.2, 0.25) is 0 Å². The molecule has 1 aliphatic carbocycles. The molecule has 0 aromatic rings. The summed E-state index contributed by atoms with van der Waals surface area (Å²) in [5.41, 5.74) is -0.589. The van der Waals surface area contributed by atoms with Crippen LogP contribution in [-0.4, -0.2) is 22.2 Å². The van der Waals surface area contributed by atoms with Gasteiger partial charge >= 0.3 is 11.9 Å². The van der Waals surface area contributed by atoms with Crippen molar-refractivity contribution >= 4 is 11.9 Å². The SMILES string of the molecule is CC1(C(=O)O)C=CC=C(C(=O)O)C1C1=CC=CNC=C1. The van der Waals surface area contributed by atoms with Crippen LogP contribution >= 0.6 is 0 Å². The lowest BCUT2D eigenvalue weighted by atomic mass is 9.67. The van der Waals surface area contributed by atoms with Crippen molar-refractivity contribution in [2.45, 2.75) is 6.92 Å². The third kappa shape index (κ3) is 2.30. The summed E-state index contributed by atoms with van der Waals surface area (Å²) >= 11 is 0. The van der Waals surface area contributed by atoms with Gasteiger partial charge in [-0.05, 0) is 24.6 Å². The highest BCUT2D eigenvalue weighted by molar-refractivity contribution is 5.92. The lowest BCUT2D eigenvalue weighted by Gasteiger charge is -2.34. The summed E-state index contributed by atoms with van der Waals surface area (Å²) < 4.78 is 0. The lowest BCUT2D eigenvalue weighted by Crippen LogP contribution is -2.39. The van der Waals surface area contributed by atoms with Crippen molar-refractivity contribution in [1.29, 1.82) is 0 Å². The first-order valence-corrected chi connectivity index (χ1v) is 6.12. The van der Waals surface area contributed by atoms with E-state index in [1.54, 1.807) is 30.6 Å². The molecule has 2 aliphatic rings. The van der Waals surface area contributed by atoms with Crippen LogP contribution in [-0.2, 0) is 9.59 Å². The summed E-state index contributed by atoms with van der Waals surface area (Å²) in [7, 11) is 0. The quantitative estimate of drug-likeness (QED) is 0.730. The van der Waals surface area contributed by atoms with Gasteiger partial charge in [0.15, 0.2) is 0 Å². The number of allylic oxidation sites excluding steroid dienone is 6. The molecule has 0 saturated heterocycles. The molecule has 0 bridgehead atoms. The molecule has 2 unspecified atom stereocenters. The molecule has 5 heteroatoms. The lowest BCUT2D eigenvalue weighted by molar-refractivity contribution is -0.147. The molecule has 2 rings (SSSR count). The number of carboxylic acids is 2. The number of nitrogens with one attached hydrogen (secondary N) is 1. The predicted molar refractivity (Wildman–Crippen MR) is 73.6 cm³/mol. The van der Waals surface area contributed by atoms with E-state index < -0.39 is 23.3 Å². The molecule has 5 nitrogen and oxygen atoms in total. The summed E-state index contributed by atoms with van der Waals surface area (Å²) in [5, 5.41) is 21.7. The Balaban J connectivity index is 2.57. The smallest absolute Gasteiger partial charge is 0.332 e. The first kappa shape index (κ1) is 13.9. The van der Waals surface area contributed by atoms with E-state index >= 15 is 0 Å². The normalized spacial score (nSPS) is 28.1. The molecule has 1 aliphatic heterocycles. The van der Waals surface area contributed by atoms with Crippen LogP contribution in [0.5, 0.6) is 0 Å². The molecule has 0 radical (unpaired) electrons. The van der Waals surface area contributed by atoms with Gasteiger partial charge in [-0.15, -0.1) is 0 Å². The van der Waals surface area contributed by atoms with E-state index in [1.165, 1.54) is 25.2 Å². The highest BCUT2D eigenvalue weighted by Crippen LogP contribution is 2.43. The van der Waals surface area contributed by atoms with E-state index in [-0.39, 0.29) is 5.57 Å². The Kier molecular flexibility index (Phi) is 3.61. The van der Waals surface area contributed by atoms with Crippen LogP contribution in [0.1, 0.15) is 6.92 Å². The second-order valence-electron chi connectivity index (χ2n) is 4.83. The fourth-order valence-electron chi connectivity index (χ4n) is 2.45. The zero-order valence-electron chi connectivity index (χ0n) is 10.9. The molecule has 0 spiro atoms. The molecule has 0 aromatic heterocycles. The van der Waals surface area contributed by atoms with Gasteiger partial charge in [-0.2, -0.15) is 0 Å². The van der Waals surface area contributed by atoms with Gasteiger partial charge in [0.05, 0.1) is 5.41 Å². The molecule has 0 saturated carbocycles. The van der Waals surface area contributed by atoms with E-state index in [2.05, 4.69) is 5.32 Å². The van der Waals surface area contributed by atoms with Gasteiger partial charge in [-0.3, -0.25) is 4.79 Å². The first-order valence-electron chi connectivity index (χ1n) is 6.12. The van der Waals surface area contributed by atoms with Gasteiger partial charge in [0, 0.05) is 23.9 Å². The minimum absolute atomic E-state index is 0.0728. The van der Waals surface area contributed by atoms with Crippen LogP contribution in [0.3, 0.4) is 0 Å². The van der Waals surface area contributed by atoms with E-state index in [0.29, 0.717) is 5.57 Å². The summed E-state index contributed by atoms with van der Waals surface area (Å²) in [6.07, 6.45) is 12.9. The van der Waals surface area contributed by atoms with Crippen LogP contribution in [0.25, 0.3) is 0 Å². The Morgan fingerprint density at radius 3 is 2.60 bits per heavy atom. The van der Waals surface area contributed by atoms with E-state index in [9.17, 15) is 19.8 Å². The van der Waals surface area contributed by atoms with Crippen LogP contribution in [0.4, 0.5) is 0 Å². The minimum atomic E-state index is -1.29. The number of hydrogen-bond donors (Lipinski definition) is 3. The summed E-state index contributed by atoms with van der Waals surface area (Å²) in [5.74, 6) is -2.91. The number of hydrogen-bond acceptors (Lipinski definition) is 3. The van der Waals surface area contributed by atoms with Crippen LogP contribution in [0, 0.1) is 11.3 Å². The molecule has 1 heterocycles. The van der Waals surface area contributed by atoms with Gasteiger partial charge in [0.25, 0.3) is 0 Å². The van der Waals surface area contributed by atoms with Crippen LogP contribution in [0.15, 0.2) is 60.0 Å². The third-order valence-corrected chi connectivity index (χ3v) is 3.52. The van der Waals surface area contributed by atoms with E-state index in [4.69, 9.17) is 0 Å². The fraction of sp³-hybridized carbons (Fsp3) is 0.200. The Bertz CT molecular complexity index is 595. The zero-order valence-corrected chi connectivity index (χ0v) is 10.9. The number of aliphatic carboxylic acids is 2. The standard InChI is InChI=1S/C15H15NO4/c1-15(14(19)20)7-2-5-11(13(17)18)12(15)10-4-3-8-16-9-6-10/h2-9,12,16H,1H3,(H,17,18)(H,19,20). The fourth-order valence-corrected chi connectivity index (χ4v) is 2.45. The molecule has 104 valence electrons. The van der Waals surface area contributed by atoms with Crippen LogP contribution < -0.4 is 5.32 Å². The van der Waals surface area contributed by atoms with Gasteiger partial charge < -0.3 is 15.5 Å². The van der Waals surface area contributed by atoms with Crippen molar-refractivity contribution < 1.29 is 19.8 Å². The van der Waals surface area contributed by atoms with E-state index in [1.807, 2.05) is 0 Å². The third-order valence-electron chi connectivity index (χ3n) is 3.52. The zero-order chi connectivity index (χ0) is 14.8. The Hall–Kier alpha value is -2.56. The summed E-state index contributed by atoms with van der Waals surface area (Å²) in [6, 6.07) is 0. The number of rotatable bonds is 3. The molecule has 0 fully saturated rings. The Morgan fingerprint density at radius 2 is 1.95 bits per heavy atom. The monoisotopic (exact) mass is 273 g/mol. The Morgan fingerprint density at radius 1 is 1.20 bits per heavy atom. The van der Waals surface area contributed by atoms with Crippen molar-refractivity contribution in [3.63, 3.8) is 0 Å². The van der Waals surface area contributed by atoms with Crippen molar-refractivity contribution in [3.8, 4) is 0 Å². The average Bonchev–Trinajstić information content (AvgIpc) is 2.66. The largest absolute Gasteiger partial charge is 0.481 e. The number of carbonyl (C=O) groups is 2. The van der Waals surface area contributed by atoms with Gasteiger partial charge in [0.1, 0.15) is 0 Å². The average molecular weight is 273 g/mol. The number of carboxylic acid groups (broad SMARTS) is 2. The van der Waals surface area contributed by atoms with Gasteiger partial charge in [-0.1, -0.05) is 24.3 Å². The molecule has 0 aromatic carbocycles. The maximum Gasteiger partial charge on any atom is 0.332 e. The summed E-state index contributed by atoms with van der Waals surface area (Å²) in [4.78, 5) is 23.1. The molecule has 2 atom stereocenters.